The van der Waals surface area contributed by atoms with Gasteiger partial charge in [-0.1, -0.05) is 23.8 Å². The Morgan fingerprint density at radius 1 is 1.16 bits per heavy atom. The van der Waals surface area contributed by atoms with Crippen LogP contribution in [-0.2, 0) is 34.2 Å². The van der Waals surface area contributed by atoms with Crippen molar-refractivity contribution in [2.75, 3.05) is 18.4 Å². The van der Waals surface area contributed by atoms with Crippen LogP contribution in [0.5, 0.6) is 0 Å². The molecule has 3 aromatic rings. The van der Waals surface area contributed by atoms with Gasteiger partial charge in [0.2, 0.25) is 10.0 Å². The predicted octanol–water partition coefficient (Wildman–Crippen LogP) is 1.97. The largest absolute Gasteiger partial charge is 0.480 e. The van der Waals surface area contributed by atoms with Crippen LogP contribution < -0.4 is 15.4 Å². The van der Waals surface area contributed by atoms with Crippen LogP contribution in [0.25, 0.3) is 0 Å². The summed E-state index contributed by atoms with van der Waals surface area (Å²) in [4.78, 5) is 29.4. The number of carbonyl (C=O) groups is 2. The summed E-state index contributed by atoms with van der Waals surface area (Å²) in [5.74, 6) is -1.07. The highest BCUT2D eigenvalue weighted by molar-refractivity contribution is 7.89. The minimum atomic E-state index is -4.15. The molecule has 1 atom stereocenters. The maximum absolute atomic E-state index is 13.0. The van der Waals surface area contributed by atoms with Crippen molar-refractivity contribution in [3.63, 3.8) is 0 Å². The Morgan fingerprint density at radius 3 is 2.61 bits per heavy atom. The second-order valence-electron chi connectivity index (χ2n) is 9.48. The third-order valence-corrected chi connectivity index (χ3v) is 8.19. The second-order valence-corrected chi connectivity index (χ2v) is 11.1. The van der Waals surface area contributed by atoms with Gasteiger partial charge in [0.1, 0.15) is 17.6 Å². The van der Waals surface area contributed by atoms with Crippen LogP contribution in [0.15, 0.2) is 41.4 Å². The standard InChI is InChI=1S/C26H32N6O5S/c1-16-13-17(2)23(18(3)14-16)38(36,37)31-21(26(34)35)15-28-25(33)22-8-11-29-32(22)12-9-20-7-6-19-5-4-10-27-24(19)30-20/h6-8,11,13-14,21,31H,4-5,9-10,12,15H2,1-3H3,(H,27,30)(H,28,33)(H,34,35). The average Bonchev–Trinajstić information content (AvgIpc) is 3.32. The lowest BCUT2D eigenvalue weighted by Gasteiger charge is -2.18. The summed E-state index contributed by atoms with van der Waals surface area (Å²) in [5.41, 5.74) is 4.21. The van der Waals surface area contributed by atoms with Crippen molar-refractivity contribution < 1.29 is 23.1 Å². The molecule has 0 spiro atoms. The molecular formula is C26H32N6O5S. The van der Waals surface area contributed by atoms with Crippen molar-refractivity contribution >= 4 is 27.7 Å². The van der Waals surface area contributed by atoms with E-state index >= 15 is 0 Å². The van der Waals surface area contributed by atoms with Crippen molar-refractivity contribution in [1.29, 1.82) is 0 Å². The van der Waals surface area contributed by atoms with Crippen LogP contribution in [0.1, 0.15) is 44.9 Å². The van der Waals surface area contributed by atoms with E-state index in [-0.39, 0.29) is 10.6 Å². The highest BCUT2D eigenvalue weighted by Gasteiger charge is 2.28. The van der Waals surface area contributed by atoms with E-state index in [9.17, 15) is 23.1 Å². The third-order valence-electron chi connectivity index (χ3n) is 6.42. The number of hydrogen-bond acceptors (Lipinski definition) is 7. The molecule has 2 aromatic heterocycles. The molecule has 1 aromatic carbocycles. The summed E-state index contributed by atoms with van der Waals surface area (Å²) in [7, 11) is -4.15. The van der Waals surface area contributed by atoms with Gasteiger partial charge in [0.15, 0.2) is 0 Å². The van der Waals surface area contributed by atoms with Gasteiger partial charge in [-0.2, -0.15) is 9.82 Å². The van der Waals surface area contributed by atoms with Crippen molar-refractivity contribution in [3.8, 4) is 0 Å². The number of benzene rings is 1. The summed E-state index contributed by atoms with van der Waals surface area (Å²) in [5, 5.41) is 19.7. The number of rotatable bonds is 10. The summed E-state index contributed by atoms with van der Waals surface area (Å²) in [6, 6.07) is 7.43. The Labute approximate surface area is 221 Å². The fraction of sp³-hybridized carbons (Fsp3) is 0.385. The first-order valence-corrected chi connectivity index (χ1v) is 13.9. The molecule has 11 nitrogen and oxygen atoms in total. The molecular weight excluding hydrogens is 508 g/mol. The number of carboxylic acids is 1. The van der Waals surface area contributed by atoms with Gasteiger partial charge in [-0.3, -0.25) is 14.3 Å². The van der Waals surface area contributed by atoms with Crippen LogP contribution in [0.4, 0.5) is 5.82 Å². The number of nitrogens with one attached hydrogen (secondary N) is 3. The van der Waals surface area contributed by atoms with Gasteiger partial charge in [-0.25, -0.2) is 13.4 Å². The molecule has 1 aliphatic rings. The Balaban J connectivity index is 1.40. The zero-order valence-corrected chi connectivity index (χ0v) is 22.4. The number of anilines is 1. The first-order valence-electron chi connectivity index (χ1n) is 12.4. The van der Waals surface area contributed by atoms with Gasteiger partial charge < -0.3 is 15.7 Å². The van der Waals surface area contributed by atoms with Gasteiger partial charge in [0.25, 0.3) is 5.91 Å². The molecule has 1 aliphatic heterocycles. The quantitative estimate of drug-likeness (QED) is 0.304. The van der Waals surface area contributed by atoms with Crippen molar-refractivity contribution in [2.24, 2.45) is 0 Å². The molecule has 38 heavy (non-hydrogen) atoms. The molecule has 0 fully saturated rings. The molecule has 1 amide bonds. The first kappa shape index (κ1) is 27.3. The van der Waals surface area contributed by atoms with E-state index in [0.717, 1.165) is 36.5 Å². The first-order chi connectivity index (χ1) is 18.0. The number of carbonyl (C=O) groups excluding carboxylic acids is 1. The van der Waals surface area contributed by atoms with E-state index in [1.54, 1.807) is 26.0 Å². The fourth-order valence-electron chi connectivity index (χ4n) is 4.73. The minimum absolute atomic E-state index is 0.0322. The lowest BCUT2D eigenvalue weighted by molar-refractivity contribution is -0.138. The van der Waals surface area contributed by atoms with E-state index < -0.39 is 34.5 Å². The summed E-state index contributed by atoms with van der Waals surface area (Å²) >= 11 is 0. The molecule has 12 heteroatoms. The Bertz CT molecular complexity index is 1440. The Kier molecular flexibility index (Phi) is 8.12. The number of amides is 1. The number of aryl methyl sites for hydroxylation is 6. The van der Waals surface area contributed by atoms with E-state index in [4.69, 9.17) is 0 Å². The van der Waals surface area contributed by atoms with Crippen LogP contribution in [-0.4, -0.2) is 59.3 Å². The molecule has 0 bridgehead atoms. The van der Waals surface area contributed by atoms with E-state index in [1.165, 1.54) is 22.5 Å². The van der Waals surface area contributed by atoms with E-state index in [1.807, 2.05) is 13.0 Å². The Morgan fingerprint density at radius 2 is 1.89 bits per heavy atom. The fourth-order valence-corrected chi connectivity index (χ4v) is 6.38. The molecule has 4 N–H and O–H groups in total. The van der Waals surface area contributed by atoms with E-state index in [0.29, 0.717) is 24.1 Å². The number of aliphatic carboxylic acids is 1. The summed E-state index contributed by atoms with van der Waals surface area (Å²) < 4.78 is 29.8. The molecule has 0 radical (unpaired) electrons. The van der Waals surface area contributed by atoms with Gasteiger partial charge in [-0.05, 0) is 62.4 Å². The number of sulfonamides is 1. The topological polar surface area (TPSA) is 155 Å². The van der Waals surface area contributed by atoms with Gasteiger partial charge in [0, 0.05) is 37.9 Å². The molecule has 0 saturated heterocycles. The van der Waals surface area contributed by atoms with Crippen LogP contribution >= 0.6 is 0 Å². The Hall–Kier alpha value is -3.77. The van der Waals surface area contributed by atoms with Crippen LogP contribution in [0, 0.1) is 20.8 Å². The van der Waals surface area contributed by atoms with Crippen molar-refractivity contribution in [2.45, 2.75) is 57.5 Å². The van der Waals surface area contributed by atoms with Gasteiger partial charge >= 0.3 is 5.97 Å². The summed E-state index contributed by atoms with van der Waals surface area (Å²) in [6.45, 7) is 6.01. The van der Waals surface area contributed by atoms with Crippen LogP contribution in [0.2, 0.25) is 0 Å². The third kappa shape index (κ3) is 6.20. The lowest BCUT2D eigenvalue weighted by atomic mass is 10.1. The monoisotopic (exact) mass is 540 g/mol. The number of carboxylic acid groups (broad SMARTS) is 1. The number of fused-ring (bicyclic) bond motifs is 1. The molecule has 0 saturated carbocycles. The van der Waals surface area contributed by atoms with Crippen LogP contribution in [0.3, 0.4) is 0 Å². The average molecular weight is 541 g/mol. The second kappa shape index (κ2) is 11.3. The smallest absolute Gasteiger partial charge is 0.323 e. The highest BCUT2D eigenvalue weighted by Crippen LogP contribution is 2.22. The summed E-state index contributed by atoms with van der Waals surface area (Å²) in [6.07, 6.45) is 4.10. The van der Waals surface area contributed by atoms with Crippen molar-refractivity contribution in [1.82, 2.24) is 24.8 Å². The molecule has 4 rings (SSSR count). The minimum Gasteiger partial charge on any atom is -0.480 e. The van der Waals surface area contributed by atoms with Gasteiger partial charge in [0.05, 0.1) is 4.90 Å². The molecule has 3 heterocycles. The zero-order chi connectivity index (χ0) is 27.4. The number of pyridine rings is 1. The number of hydrogen-bond donors (Lipinski definition) is 4. The normalized spacial score (nSPS) is 13.9. The maximum atomic E-state index is 13.0. The van der Waals surface area contributed by atoms with Gasteiger partial charge in [-0.15, -0.1) is 0 Å². The molecule has 1 unspecified atom stereocenters. The van der Waals surface area contributed by atoms with E-state index in [2.05, 4.69) is 31.5 Å². The molecule has 202 valence electrons. The molecule has 0 aliphatic carbocycles. The predicted molar refractivity (Wildman–Crippen MR) is 142 cm³/mol. The number of nitrogens with zero attached hydrogens (tertiary/aromatic N) is 3. The lowest BCUT2D eigenvalue weighted by Crippen LogP contribution is -2.48. The van der Waals surface area contributed by atoms with Crippen molar-refractivity contribution in [3.05, 3.63) is 70.2 Å². The SMILES string of the molecule is Cc1cc(C)c(S(=O)(=O)NC(CNC(=O)c2ccnn2CCc2ccc3c(n2)NCCC3)C(=O)O)c(C)c1. The highest BCUT2D eigenvalue weighted by atomic mass is 32.2. The number of aromatic nitrogens is 3. The zero-order valence-electron chi connectivity index (χ0n) is 21.6. The maximum Gasteiger partial charge on any atom is 0.323 e.